The van der Waals surface area contributed by atoms with Crippen LogP contribution in [0.2, 0.25) is 0 Å². The summed E-state index contributed by atoms with van der Waals surface area (Å²) < 4.78 is 5.16. The fraction of sp³-hybridized carbons (Fsp3) is 0.167. The first-order valence-electron chi connectivity index (χ1n) is 5.39. The van der Waals surface area contributed by atoms with Gasteiger partial charge in [-0.05, 0) is 17.7 Å². The molecule has 2 aromatic rings. The van der Waals surface area contributed by atoms with Crippen molar-refractivity contribution >= 4 is 17.7 Å². The predicted molar refractivity (Wildman–Crippen MR) is 65.5 cm³/mol. The summed E-state index contributed by atoms with van der Waals surface area (Å²) in [5, 5.41) is 11.6. The van der Waals surface area contributed by atoms with Crippen LogP contribution in [-0.4, -0.2) is 16.1 Å². The molecule has 1 heterocycles. The molecule has 0 aliphatic carbocycles. The van der Waals surface area contributed by atoms with Gasteiger partial charge < -0.3 is 20.6 Å². The van der Waals surface area contributed by atoms with Gasteiger partial charge in [-0.25, -0.2) is 0 Å². The first-order valence-corrected chi connectivity index (χ1v) is 5.39. The molecule has 0 saturated heterocycles. The number of carbonyl (C=O) groups is 1. The first kappa shape index (κ1) is 12.1. The van der Waals surface area contributed by atoms with Crippen molar-refractivity contribution in [2.24, 2.45) is 5.73 Å². The van der Waals surface area contributed by atoms with Crippen LogP contribution in [-0.2, 0) is 17.8 Å². The van der Waals surface area contributed by atoms with E-state index in [9.17, 15) is 4.79 Å². The summed E-state index contributed by atoms with van der Waals surface area (Å²) in [5.41, 5.74) is 7.60. The SMILES string of the molecule is NCc1coc(Nc2ccc(CC(=O)O)cc2)n1. The molecule has 0 atom stereocenters. The van der Waals surface area contributed by atoms with Gasteiger partial charge in [0.15, 0.2) is 0 Å². The third kappa shape index (κ3) is 3.08. The third-order valence-corrected chi connectivity index (χ3v) is 2.32. The number of aliphatic carboxylic acids is 1. The van der Waals surface area contributed by atoms with Crippen LogP contribution in [0.25, 0.3) is 0 Å². The average molecular weight is 247 g/mol. The van der Waals surface area contributed by atoms with E-state index in [0.717, 1.165) is 11.3 Å². The maximum atomic E-state index is 10.5. The zero-order valence-corrected chi connectivity index (χ0v) is 9.59. The van der Waals surface area contributed by atoms with Crippen LogP contribution < -0.4 is 11.1 Å². The quantitative estimate of drug-likeness (QED) is 0.740. The van der Waals surface area contributed by atoms with Gasteiger partial charge in [-0.15, -0.1) is 0 Å². The second kappa shape index (κ2) is 5.33. The lowest BCUT2D eigenvalue weighted by molar-refractivity contribution is -0.136. The van der Waals surface area contributed by atoms with Gasteiger partial charge in [0, 0.05) is 12.2 Å². The number of nitrogens with two attached hydrogens (primary N) is 1. The van der Waals surface area contributed by atoms with Gasteiger partial charge in [0.05, 0.1) is 12.1 Å². The van der Waals surface area contributed by atoms with Crippen molar-refractivity contribution in [3.8, 4) is 0 Å². The van der Waals surface area contributed by atoms with E-state index in [-0.39, 0.29) is 6.42 Å². The Bertz CT molecular complexity index is 534. The second-order valence-electron chi connectivity index (χ2n) is 3.74. The van der Waals surface area contributed by atoms with Crippen molar-refractivity contribution in [3.63, 3.8) is 0 Å². The molecule has 4 N–H and O–H groups in total. The van der Waals surface area contributed by atoms with Crippen LogP contribution >= 0.6 is 0 Å². The van der Waals surface area contributed by atoms with Gasteiger partial charge in [-0.2, -0.15) is 4.98 Å². The summed E-state index contributed by atoms with van der Waals surface area (Å²) in [6.07, 6.45) is 1.50. The van der Waals surface area contributed by atoms with E-state index in [4.69, 9.17) is 15.3 Å². The zero-order valence-electron chi connectivity index (χ0n) is 9.59. The number of anilines is 2. The van der Waals surface area contributed by atoms with Crippen molar-refractivity contribution < 1.29 is 14.3 Å². The molecular weight excluding hydrogens is 234 g/mol. The number of nitrogens with one attached hydrogen (secondary N) is 1. The Balaban J connectivity index is 2.03. The lowest BCUT2D eigenvalue weighted by Gasteiger charge is -2.02. The van der Waals surface area contributed by atoms with Crippen molar-refractivity contribution in [2.75, 3.05) is 5.32 Å². The van der Waals surface area contributed by atoms with E-state index in [1.807, 2.05) is 0 Å². The summed E-state index contributed by atoms with van der Waals surface area (Å²) >= 11 is 0. The molecular formula is C12H13N3O3. The number of oxazole rings is 1. The summed E-state index contributed by atoms with van der Waals surface area (Å²) in [5.74, 6) is -0.851. The molecule has 0 spiro atoms. The minimum Gasteiger partial charge on any atom is -0.481 e. The van der Waals surface area contributed by atoms with Crippen LogP contribution in [0, 0.1) is 0 Å². The maximum Gasteiger partial charge on any atom is 0.307 e. The Kier molecular flexibility index (Phi) is 3.59. The highest BCUT2D eigenvalue weighted by atomic mass is 16.4. The summed E-state index contributed by atoms with van der Waals surface area (Å²) in [6, 6.07) is 7.38. The molecule has 1 aromatic heterocycles. The van der Waals surface area contributed by atoms with E-state index in [1.54, 1.807) is 24.3 Å². The summed E-state index contributed by atoms with van der Waals surface area (Å²) in [4.78, 5) is 14.6. The van der Waals surface area contributed by atoms with Gasteiger partial charge in [-0.3, -0.25) is 4.79 Å². The monoisotopic (exact) mass is 247 g/mol. The minimum atomic E-state index is -0.851. The van der Waals surface area contributed by atoms with Gasteiger partial charge in [0.1, 0.15) is 6.26 Å². The number of hydrogen-bond acceptors (Lipinski definition) is 5. The largest absolute Gasteiger partial charge is 0.481 e. The molecule has 0 unspecified atom stereocenters. The molecule has 0 aliphatic heterocycles. The molecule has 18 heavy (non-hydrogen) atoms. The maximum absolute atomic E-state index is 10.5. The van der Waals surface area contributed by atoms with Crippen LogP contribution in [0.4, 0.5) is 11.7 Å². The Labute approximate surface area is 103 Å². The van der Waals surface area contributed by atoms with Gasteiger partial charge >= 0.3 is 5.97 Å². The van der Waals surface area contributed by atoms with Crippen LogP contribution in [0.3, 0.4) is 0 Å². The molecule has 0 bridgehead atoms. The molecule has 1 aromatic carbocycles. The molecule has 0 amide bonds. The smallest absolute Gasteiger partial charge is 0.307 e. The van der Waals surface area contributed by atoms with Crippen LogP contribution in [0.1, 0.15) is 11.3 Å². The molecule has 0 radical (unpaired) electrons. The van der Waals surface area contributed by atoms with Gasteiger partial charge in [-0.1, -0.05) is 12.1 Å². The Morgan fingerprint density at radius 1 is 1.39 bits per heavy atom. The number of hydrogen-bond donors (Lipinski definition) is 3. The van der Waals surface area contributed by atoms with Crippen molar-refractivity contribution in [1.29, 1.82) is 0 Å². The fourth-order valence-electron chi connectivity index (χ4n) is 1.46. The van der Waals surface area contributed by atoms with Crippen molar-refractivity contribution in [2.45, 2.75) is 13.0 Å². The minimum absolute atomic E-state index is 0.0105. The molecule has 94 valence electrons. The lowest BCUT2D eigenvalue weighted by Crippen LogP contribution is -2.00. The number of rotatable bonds is 5. The molecule has 0 saturated carbocycles. The Morgan fingerprint density at radius 3 is 2.67 bits per heavy atom. The van der Waals surface area contributed by atoms with E-state index in [0.29, 0.717) is 18.3 Å². The standard InChI is InChI=1S/C12H13N3O3/c13-6-10-7-18-12(15-10)14-9-3-1-8(2-4-9)5-11(16)17/h1-4,7H,5-6,13H2,(H,14,15)(H,16,17). The van der Waals surface area contributed by atoms with E-state index < -0.39 is 5.97 Å². The molecule has 6 nitrogen and oxygen atoms in total. The molecule has 2 rings (SSSR count). The van der Waals surface area contributed by atoms with Crippen LogP contribution in [0.15, 0.2) is 34.9 Å². The van der Waals surface area contributed by atoms with E-state index in [2.05, 4.69) is 10.3 Å². The number of carboxylic acid groups (broad SMARTS) is 1. The van der Waals surface area contributed by atoms with Gasteiger partial charge in [0.2, 0.25) is 0 Å². The topological polar surface area (TPSA) is 101 Å². The van der Waals surface area contributed by atoms with Crippen molar-refractivity contribution in [1.82, 2.24) is 4.98 Å². The predicted octanol–water partition coefficient (Wildman–Crippen LogP) is 1.50. The number of aromatic nitrogens is 1. The van der Waals surface area contributed by atoms with E-state index >= 15 is 0 Å². The molecule has 6 heteroatoms. The van der Waals surface area contributed by atoms with Gasteiger partial charge in [0.25, 0.3) is 6.01 Å². The molecule has 0 aliphatic rings. The number of benzene rings is 1. The number of carboxylic acids is 1. The average Bonchev–Trinajstić information content (AvgIpc) is 2.79. The van der Waals surface area contributed by atoms with E-state index in [1.165, 1.54) is 6.26 Å². The highest BCUT2D eigenvalue weighted by Gasteiger charge is 2.04. The summed E-state index contributed by atoms with van der Waals surface area (Å²) in [6.45, 7) is 0.322. The Hall–Kier alpha value is -2.34. The van der Waals surface area contributed by atoms with Crippen LogP contribution in [0.5, 0.6) is 0 Å². The summed E-state index contributed by atoms with van der Waals surface area (Å²) in [7, 11) is 0. The highest BCUT2D eigenvalue weighted by Crippen LogP contribution is 2.16. The second-order valence-corrected chi connectivity index (χ2v) is 3.74. The lowest BCUT2D eigenvalue weighted by atomic mass is 10.1. The highest BCUT2D eigenvalue weighted by molar-refractivity contribution is 5.70. The fourth-order valence-corrected chi connectivity index (χ4v) is 1.46. The normalized spacial score (nSPS) is 10.3. The van der Waals surface area contributed by atoms with Crippen molar-refractivity contribution in [3.05, 3.63) is 41.8 Å². The first-order chi connectivity index (χ1) is 8.67. The Morgan fingerprint density at radius 2 is 2.11 bits per heavy atom. The molecule has 0 fully saturated rings. The third-order valence-electron chi connectivity index (χ3n) is 2.32. The zero-order chi connectivity index (χ0) is 13.0. The number of nitrogens with zero attached hydrogens (tertiary/aromatic N) is 1.